The van der Waals surface area contributed by atoms with Crippen molar-refractivity contribution in [3.05, 3.63) is 77.5 Å². The molecule has 1 aromatic heterocycles. The van der Waals surface area contributed by atoms with Crippen molar-refractivity contribution >= 4 is 28.8 Å². The van der Waals surface area contributed by atoms with Gasteiger partial charge in [-0.2, -0.15) is 0 Å². The first-order valence-electron chi connectivity index (χ1n) is 8.82. The van der Waals surface area contributed by atoms with Gasteiger partial charge in [0.25, 0.3) is 5.91 Å². The molecule has 0 bridgehead atoms. The number of carbonyl (C=O) groups excluding carboxylic acids is 1. The Morgan fingerprint density at radius 1 is 1.00 bits per heavy atom. The monoisotopic (exact) mass is 360 g/mol. The number of amides is 1. The maximum atomic E-state index is 12.6. The third kappa shape index (κ3) is 4.44. The molecule has 2 aromatic carbocycles. The van der Waals surface area contributed by atoms with Crippen LogP contribution in [-0.4, -0.2) is 25.0 Å². The first kappa shape index (κ1) is 18.5. The van der Waals surface area contributed by atoms with Gasteiger partial charge in [-0.15, -0.1) is 0 Å². The summed E-state index contributed by atoms with van der Waals surface area (Å²) in [4.78, 5) is 19.0. The lowest BCUT2D eigenvalue weighted by atomic mass is 10.1. The standard InChI is InChI=1S/C22H24N4O/c1-15-6-5-7-20(16(15)2)25-22(27)17-12-13-23-21(14-17)24-18-8-10-19(11-9-18)26(3)4/h5-14H,1-4H3,(H,23,24)(H,25,27). The van der Waals surface area contributed by atoms with Crippen LogP contribution in [0.2, 0.25) is 0 Å². The van der Waals surface area contributed by atoms with Crippen LogP contribution in [0.1, 0.15) is 21.5 Å². The average molecular weight is 360 g/mol. The van der Waals surface area contributed by atoms with E-state index in [4.69, 9.17) is 0 Å². The van der Waals surface area contributed by atoms with Crippen molar-refractivity contribution in [2.75, 3.05) is 29.6 Å². The fourth-order valence-electron chi connectivity index (χ4n) is 2.71. The van der Waals surface area contributed by atoms with Gasteiger partial charge in [0.05, 0.1) is 0 Å². The van der Waals surface area contributed by atoms with Gasteiger partial charge in [-0.1, -0.05) is 12.1 Å². The lowest BCUT2D eigenvalue weighted by Gasteiger charge is -2.13. The van der Waals surface area contributed by atoms with Crippen LogP contribution in [0, 0.1) is 13.8 Å². The molecular formula is C22H24N4O. The second kappa shape index (κ2) is 7.91. The zero-order valence-electron chi connectivity index (χ0n) is 16.1. The molecule has 3 aromatic rings. The van der Waals surface area contributed by atoms with E-state index in [0.717, 1.165) is 28.2 Å². The van der Waals surface area contributed by atoms with Crippen LogP contribution in [0.25, 0.3) is 0 Å². The van der Waals surface area contributed by atoms with Crippen LogP contribution in [0.3, 0.4) is 0 Å². The largest absolute Gasteiger partial charge is 0.378 e. The van der Waals surface area contributed by atoms with E-state index in [0.29, 0.717) is 11.4 Å². The van der Waals surface area contributed by atoms with Crippen molar-refractivity contribution < 1.29 is 4.79 Å². The number of anilines is 4. The van der Waals surface area contributed by atoms with Gasteiger partial charge >= 0.3 is 0 Å². The molecule has 3 rings (SSSR count). The summed E-state index contributed by atoms with van der Waals surface area (Å²) in [7, 11) is 4.00. The van der Waals surface area contributed by atoms with E-state index in [2.05, 4.69) is 15.6 Å². The summed E-state index contributed by atoms with van der Waals surface area (Å²) >= 11 is 0. The zero-order chi connectivity index (χ0) is 19.4. The molecule has 0 saturated heterocycles. The lowest BCUT2D eigenvalue weighted by molar-refractivity contribution is 0.102. The third-order valence-corrected chi connectivity index (χ3v) is 4.53. The molecule has 138 valence electrons. The van der Waals surface area contributed by atoms with E-state index < -0.39 is 0 Å². The summed E-state index contributed by atoms with van der Waals surface area (Å²) in [6.45, 7) is 4.03. The minimum absolute atomic E-state index is 0.155. The molecular weight excluding hydrogens is 336 g/mol. The molecule has 0 unspecified atom stereocenters. The summed E-state index contributed by atoms with van der Waals surface area (Å²) in [5, 5.41) is 6.22. The normalized spacial score (nSPS) is 10.4. The van der Waals surface area contributed by atoms with Gasteiger partial charge in [0.15, 0.2) is 0 Å². The first-order valence-corrected chi connectivity index (χ1v) is 8.82. The van der Waals surface area contributed by atoms with Gasteiger partial charge in [0.2, 0.25) is 0 Å². The highest BCUT2D eigenvalue weighted by Crippen LogP contribution is 2.21. The predicted octanol–water partition coefficient (Wildman–Crippen LogP) is 4.76. The highest BCUT2D eigenvalue weighted by atomic mass is 16.1. The fourth-order valence-corrected chi connectivity index (χ4v) is 2.71. The number of aryl methyl sites for hydroxylation is 1. The molecule has 0 atom stereocenters. The second-order valence-electron chi connectivity index (χ2n) is 6.70. The molecule has 1 heterocycles. The molecule has 5 heteroatoms. The Labute approximate surface area is 160 Å². The van der Waals surface area contributed by atoms with Gasteiger partial charge in [0, 0.05) is 42.9 Å². The molecule has 1 amide bonds. The van der Waals surface area contributed by atoms with Gasteiger partial charge in [-0.3, -0.25) is 4.79 Å². The summed E-state index contributed by atoms with van der Waals surface area (Å²) in [6.07, 6.45) is 1.63. The van der Waals surface area contributed by atoms with Crippen molar-refractivity contribution in [1.82, 2.24) is 4.98 Å². The molecule has 0 aliphatic heterocycles. The number of carbonyl (C=O) groups is 1. The molecule has 0 saturated carbocycles. The van der Waals surface area contributed by atoms with E-state index in [1.165, 1.54) is 0 Å². The van der Waals surface area contributed by atoms with Gasteiger partial charge in [-0.25, -0.2) is 4.98 Å². The molecule has 2 N–H and O–H groups in total. The Kier molecular flexibility index (Phi) is 5.41. The molecule has 0 spiro atoms. The van der Waals surface area contributed by atoms with Crippen molar-refractivity contribution in [3.63, 3.8) is 0 Å². The van der Waals surface area contributed by atoms with Gasteiger partial charge in [-0.05, 0) is 67.4 Å². The summed E-state index contributed by atoms with van der Waals surface area (Å²) < 4.78 is 0. The number of nitrogens with zero attached hydrogens (tertiary/aromatic N) is 2. The van der Waals surface area contributed by atoms with Crippen molar-refractivity contribution in [2.24, 2.45) is 0 Å². The highest BCUT2D eigenvalue weighted by molar-refractivity contribution is 6.05. The van der Waals surface area contributed by atoms with Crippen molar-refractivity contribution in [1.29, 1.82) is 0 Å². The second-order valence-corrected chi connectivity index (χ2v) is 6.70. The minimum Gasteiger partial charge on any atom is -0.378 e. The topological polar surface area (TPSA) is 57.3 Å². The van der Waals surface area contributed by atoms with Crippen LogP contribution < -0.4 is 15.5 Å². The molecule has 0 aliphatic carbocycles. The quantitative estimate of drug-likeness (QED) is 0.689. The van der Waals surface area contributed by atoms with E-state index in [1.807, 2.05) is 75.3 Å². The van der Waals surface area contributed by atoms with E-state index in [1.54, 1.807) is 18.3 Å². The molecule has 0 aliphatic rings. The Morgan fingerprint density at radius 2 is 1.74 bits per heavy atom. The predicted molar refractivity (Wildman–Crippen MR) is 112 cm³/mol. The highest BCUT2D eigenvalue weighted by Gasteiger charge is 2.10. The maximum absolute atomic E-state index is 12.6. The smallest absolute Gasteiger partial charge is 0.255 e. The summed E-state index contributed by atoms with van der Waals surface area (Å²) in [5.41, 5.74) is 5.63. The van der Waals surface area contributed by atoms with Crippen LogP contribution in [0.5, 0.6) is 0 Å². The van der Waals surface area contributed by atoms with E-state index in [9.17, 15) is 4.79 Å². The number of rotatable bonds is 5. The number of aromatic nitrogens is 1. The van der Waals surface area contributed by atoms with Crippen LogP contribution >= 0.6 is 0 Å². The molecule has 5 nitrogen and oxygen atoms in total. The number of pyridine rings is 1. The van der Waals surface area contributed by atoms with E-state index >= 15 is 0 Å². The number of benzene rings is 2. The fraction of sp³-hybridized carbons (Fsp3) is 0.182. The lowest BCUT2D eigenvalue weighted by Crippen LogP contribution is -2.13. The summed E-state index contributed by atoms with van der Waals surface area (Å²) in [5.74, 6) is 0.471. The van der Waals surface area contributed by atoms with Crippen LogP contribution in [0.15, 0.2) is 60.8 Å². The number of hydrogen-bond acceptors (Lipinski definition) is 4. The van der Waals surface area contributed by atoms with E-state index in [-0.39, 0.29) is 5.91 Å². The molecule has 27 heavy (non-hydrogen) atoms. The SMILES string of the molecule is Cc1cccc(NC(=O)c2ccnc(Nc3ccc(N(C)C)cc3)c2)c1C. The Hall–Kier alpha value is -3.34. The number of hydrogen-bond donors (Lipinski definition) is 2. The Morgan fingerprint density at radius 3 is 2.44 bits per heavy atom. The summed E-state index contributed by atoms with van der Waals surface area (Å²) in [6, 6.07) is 17.4. The Balaban J connectivity index is 1.74. The first-order chi connectivity index (χ1) is 12.9. The Bertz CT molecular complexity index is 949. The number of nitrogens with one attached hydrogen (secondary N) is 2. The van der Waals surface area contributed by atoms with Gasteiger partial charge < -0.3 is 15.5 Å². The van der Waals surface area contributed by atoms with Crippen LogP contribution in [0.4, 0.5) is 22.9 Å². The maximum Gasteiger partial charge on any atom is 0.255 e. The molecule has 0 radical (unpaired) electrons. The van der Waals surface area contributed by atoms with Crippen molar-refractivity contribution in [2.45, 2.75) is 13.8 Å². The van der Waals surface area contributed by atoms with Crippen LogP contribution in [-0.2, 0) is 0 Å². The minimum atomic E-state index is -0.155. The third-order valence-electron chi connectivity index (χ3n) is 4.53. The van der Waals surface area contributed by atoms with Crippen molar-refractivity contribution in [3.8, 4) is 0 Å². The zero-order valence-corrected chi connectivity index (χ0v) is 16.1. The van der Waals surface area contributed by atoms with Gasteiger partial charge in [0.1, 0.15) is 5.82 Å². The average Bonchev–Trinajstić information content (AvgIpc) is 2.66. The molecule has 0 fully saturated rings.